The van der Waals surface area contributed by atoms with Gasteiger partial charge in [0.15, 0.2) is 0 Å². The third kappa shape index (κ3) is 6.25. The first kappa shape index (κ1) is 37.1. The number of aromatic nitrogens is 2. The maximum atomic E-state index is 5.67. The number of benzene rings is 2. The molecule has 0 bridgehead atoms. The number of rotatable bonds is 11. The highest BCUT2D eigenvalue weighted by Gasteiger charge is 2.34. The van der Waals surface area contributed by atoms with Gasteiger partial charge >= 0.3 is 0 Å². The summed E-state index contributed by atoms with van der Waals surface area (Å²) in [6.45, 7) is 26.9. The number of hydrogen-bond acceptors (Lipinski definition) is 2. The van der Waals surface area contributed by atoms with Crippen LogP contribution in [0, 0.1) is 27.7 Å². The number of hydrogen-bond donors (Lipinski definition) is 2. The van der Waals surface area contributed by atoms with Crippen molar-refractivity contribution in [1.82, 2.24) is 9.97 Å². The molecule has 2 aromatic carbocycles. The number of H-pyrrole nitrogens is 2. The fourth-order valence-corrected chi connectivity index (χ4v) is 8.75. The molecule has 4 heterocycles. The van der Waals surface area contributed by atoms with Crippen LogP contribution in [-0.2, 0) is 25.7 Å². The monoisotopic (exact) mass is 690 g/mol. The lowest BCUT2D eigenvalue weighted by Gasteiger charge is -2.14. The van der Waals surface area contributed by atoms with Gasteiger partial charge in [-0.15, -0.1) is 0 Å². The van der Waals surface area contributed by atoms with Crippen LogP contribution in [0.25, 0.3) is 11.1 Å². The van der Waals surface area contributed by atoms with E-state index in [1.807, 2.05) is 0 Å². The topological polar surface area (TPSA) is 56.3 Å². The highest BCUT2D eigenvalue weighted by Crippen LogP contribution is 2.44. The second-order valence-electron chi connectivity index (χ2n) is 14.6. The summed E-state index contributed by atoms with van der Waals surface area (Å²) in [6.07, 6.45) is 5.71. The van der Waals surface area contributed by atoms with Crippen LogP contribution in [0.2, 0.25) is 0 Å². The Balaban J connectivity index is 1.68. The molecule has 0 saturated carbocycles. The minimum Gasteiger partial charge on any atom is -0.358 e. The molecule has 270 valence electrons. The smallest absolute Gasteiger partial charge is 0.0932 e. The number of aryl methyl sites for hydroxylation is 4. The Labute approximate surface area is 312 Å². The van der Waals surface area contributed by atoms with Gasteiger partial charge in [-0.05, 0) is 136 Å². The summed E-state index contributed by atoms with van der Waals surface area (Å²) in [5.41, 5.74) is 27.0. The Hall–Kier alpha value is -4.70. The first-order valence-electron chi connectivity index (χ1n) is 19.7. The summed E-state index contributed by atoms with van der Waals surface area (Å²) in [5.74, 6) is 0. The van der Waals surface area contributed by atoms with Gasteiger partial charge in [0, 0.05) is 22.5 Å². The third-order valence-electron chi connectivity index (χ3n) is 11.5. The fraction of sp³-hybridized carbons (Fsp3) is 0.375. The minimum absolute atomic E-state index is 0.883. The number of aliphatic imine (C=N–C) groups is 2. The highest BCUT2D eigenvalue weighted by atomic mass is 14.9. The van der Waals surface area contributed by atoms with Gasteiger partial charge in [0.25, 0.3) is 0 Å². The molecule has 0 aliphatic carbocycles. The van der Waals surface area contributed by atoms with Crippen molar-refractivity contribution in [3.05, 3.63) is 150 Å². The summed E-state index contributed by atoms with van der Waals surface area (Å²) in [6, 6.07) is 18.0. The van der Waals surface area contributed by atoms with Crippen molar-refractivity contribution >= 4 is 22.6 Å². The van der Waals surface area contributed by atoms with Crippen molar-refractivity contribution in [2.24, 2.45) is 9.98 Å². The molecule has 6 rings (SSSR count). The zero-order valence-electron chi connectivity index (χ0n) is 33.8. The van der Waals surface area contributed by atoms with E-state index in [0.717, 1.165) is 61.3 Å². The SMILES string of the molecule is CCC1=C(C)/C(=C(/c2ccc(C)cc2)c2[nH]c(C)c(CC)c2CC)N=C1C1=N/C(=C(\c2ccc(C)cc2)c2[nH]c(C)c(CC)c2CC)C(C)=C1CC. The molecule has 4 aromatic rings. The molecule has 2 N–H and O–H groups in total. The van der Waals surface area contributed by atoms with Crippen LogP contribution in [0.4, 0.5) is 0 Å². The van der Waals surface area contributed by atoms with Crippen molar-refractivity contribution in [3.8, 4) is 0 Å². The molecule has 0 fully saturated rings. The maximum absolute atomic E-state index is 5.67. The second-order valence-corrected chi connectivity index (χ2v) is 14.6. The molecule has 2 aromatic heterocycles. The fourth-order valence-electron chi connectivity index (χ4n) is 8.75. The van der Waals surface area contributed by atoms with Crippen molar-refractivity contribution in [2.75, 3.05) is 0 Å². The quantitative estimate of drug-likeness (QED) is 0.157. The minimum atomic E-state index is 0.883. The van der Waals surface area contributed by atoms with Crippen LogP contribution in [0.3, 0.4) is 0 Å². The van der Waals surface area contributed by atoms with Gasteiger partial charge in [-0.1, -0.05) is 101 Å². The van der Waals surface area contributed by atoms with E-state index in [-0.39, 0.29) is 0 Å². The Kier molecular flexibility index (Phi) is 10.8. The van der Waals surface area contributed by atoms with Crippen molar-refractivity contribution in [1.29, 1.82) is 0 Å². The van der Waals surface area contributed by atoms with E-state index < -0.39 is 0 Å². The van der Waals surface area contributed by atoms with Gasteiger partial charge in [-0.3, -0.25) is 0 Å². The summed E-state index contributed by atoms with van der Waals surface area (Å²) in [7, 11) is 0. The lowest BCUT2D eigenvalue weighted by Crippen LogP contribution is -2.16. The predicted octanol–water partition coefficient (Wildman–Crippen LogP) is 12.4. The van der Waals surface area contributed by atoms with Gasteiger partial charge in [0.1, 0.15) is 0 Å². The maximum Gasteiger partial charge on any atom is 0.0932 e. The molecular weight excluding hydrogens is 633 g/mol. The summed E-state index contributed by atoms with van der Waals surface area (Å²) in [4.78, 5) is 19.1. The number of allylic oxidation sites excluding steroid dienone is 4. The molecule has 0 unspecified atom stereocenters. The molecule has 0 radical (unpaired) electrons. The van der Waals surface area contributed by atoms with Crippen LogP contribution in [0.5, 0.6) is 0 Å². The lowest BCUT2D eigenvalue weighted by molar-refractivity contribution is 1.04. The van der Waals surface area contributed by atoms with Gasteiger partial charge in [-0.25, -0.2) is 9.98 Å². The van der Waals surface area contributed by atoms with Crippen LogP contribution in [-0.4, -0.2) is 21.4 Å². The highest BCUT2D eigenvalue weighted by molar-refractivity contribution is 6.55. The van der Waals surface area contributed by atoms with Crippen LogP contribution < -0.4 is 0 Å². The predicted molar refractivity (Wildman–Crippen MR) is 224 cm³/mol. The molecule has 2 aliphatic heterocycles. The van der Waals surface area contributed by atoms with E-state index in [0.29, 0.717) is 0 Å². The standard InChI is InChI=1S/C48H58N4/c1-13-35-29(9)43(41(33-23-19-27(7)20-24-33)45-39(17-5)37(15-3)31(11)49-45)51-47(35)48-36(14-2)30(10)44(52-48)42(34-25-21-28(8)22-26-34)46-40(18-6)38(16-4)32(12)50-46/h19-26,49-50H,13-18H2,1-12H3/b43-41+,44-42+. The molecule has 0 spiro atoms. The zero-order chi connectivity index (χ0) is 37.4. The number of aromatic amines is 2. The first-order chi connectivity index (χ1) is 25.0. The number of nitrogens with one attached hydrogen (secondary N) is 2. The molecule has 0 amide bonds. The van der Waals surface area contributed by atoms with Gasteiger partial charge in [-0.2, -0.15) is 0 Å². The van der Waals surface area contributed by atoms with E-state index in [1.165, 1.54) is 101 Å². The summed E-state index contributed by atoms with van der Waals surface area (Å²) >= 11 is 0. The van der Waals surface area contributed by atoms with Crippen molar-refractivity contribution in [2.45, 2.75) is 122 Å². The van der Waals surface area contributed by atoms with Crippen LogP contribution in [0.1, 0.15) is 136 Å². The van der Waals surface area contributed by atoms with Crippen LogP contribution >= 0.6 is 0 Å². The summed E-state index contributed by atoms with van der Waals surface area (Å²) in [5, 5.41) is 0. The van der Waals surface area contributed by atoms with E-state index in [2.05, 4.69) is 142 Å². The average molecular weight is 691 g/mol. The molecule has 2 aliphatic rings. The average Bonchev–Trinajstić information content (AvgIpc) is 3.85. The molecule has 52 heavy (non-hydrogen) atoms. The van der Waals surface area contributed by atoms with Gasteiger partial charge in [0.2, 0.25) is 0 Å². The van der Waals surface area contributed by atoms with E-state index in [1.54, 1.807) is 0 Å². The normalized spacial score (nSPS) is 16.7. The van der Waals surface area contributed by atoms with Crippen LogP contribution in [0.15, 0.2) is 92.2 Å². The molecular formula is C48H58N4. The molecule has 0 atom stereocenters. The second kappa shape index (κ2) is 15.1. The molecule has 0 saturated heterocycles. The summed E-state index contributed by atoms with van der Waals surface area (Å²) < 4.78 is 0. The Bertz CT molecular complexity index is 2050. The van der Waals surface area contributed by atoms with Gasteiger partial charge in [0.05, 0.1) is 34.2 Å². The van der Waals surface area contributed by atoms with Crippen molar-refractivity contribution in [3.63, 3.8) is 0 Å². The van der Waals surface area contributed by atoms with Gasteiger partial charge < -0.3 is 9.97 Å². The van der Waals surface area contributed by atoms with E-state index >= 15 is 0 Å². The third-order valence-corrected chi connectivity index (χ3v) is 11.5. The Morgan fingerprint density at radius 3 is 1.06 bits per heavy atom. The molecule has 4 nitrogen and oxygen atoms in total. The largest absolute Gasteiger partial charge is 0.358 e. The lowest BCUT2D eigenvalue weighted by atomic mass is 9.90. The van der Waals surface area contributed by atoms with Crippen molar-refractivity contribution < 1.29 is 0 Å². The van der Waals surface area contributed by atoms with E-state index in [4.69, 9.17) is 9.98 Å². The Morgan fingerprint density at radius 2 is 0.769 bits per heavy atom. The van der Waals surface area contributed by atoms with E-state index in [9.17, 15) is 0 Å². The molecule has 4 heteroatoms. The zero-order valence-corrected chi connectivity index (χ0v) is 33.8. The Morgan fingerprint density at radius 1 is 0.442 bits per heavy atom. The first-order valence-corrected chi connectivity index (χ1v) is 19.7. The number of nitrogens with zero attached hydrogens (tertiary/aromatic N) is 2.